The number of amides is 1. The van der Waals surface area contributed by atoms with Crippen molar-refractivity contribution >= 4 is 5.91 Å². The van der Waals surface area contributed by atoms with Crippen LogP contribution in [0.4, 0.5) is 13.2 Å². The summed E-state index contributed by atoms with van der Waals surface area (Å²) in [5, 5.41) is 12.9. The summed E-state index contributed by atoms with van der Waals surface area (Å²) in [6.07, 6.45) is 0.166. The standard InChI is InChI=1S/C18H22F3NO2/c19-18(20,21)13-6-3-5-12(11-13)17(9-4-10-17)16(24)22-14-7-1-2-8-15(14)23/h3,5-6,11,14-15,23H,1-2,4,7-10H2,(H,22,24). The molecule has 0 radical (unpaired) electrons. The highest BCUT2D eigenvalue weighted by Crippen LogP contribution is 2.45. The van der Waals surface area contributed by atoms with E-state index in [9.17, 15) is 23.1 Å². The molecule has 3 rings (SSSR count). The van der Waals surface area contributed by atoms with Crippen LogP contribution >= 0.6 is 0 Å². The smallest absolute Gasteiger partial charge is 0.391 e. The minimum atomic E-state index is -4.42. The number of rotatable bonds is 3. The first-order chi connectivity index (χ1) is 11.3. The van der Waals surface area contributed by atoms with Gasteiger partial charge in [0.2, 0.25) is 5.91 Å². The maximum absolute atomic E-state index is 13.0. The second-order valence-corrected chi connectivity index (χ2v) is 6.95. The van der Waals surface area contributed by atoms with Gasteiger partial charge in [-0.05, 0) is 37.3 Å². The van der Waals surface area contributed by atoms with E-state index in [0.717, 1.165) is 31.4 Å². The minimum absolute atomic E-state index is 0.251. The molecule has 132 valence electrons. The predicted octanol–water partition coefficient (Wildman–Crippen LogP) is 3.55. The Balaban J connectivity index is 1.82. The minimum Gasteiger partial charge on any atom is -0.391 e. The van der Waals surface area contributed by atoms with E-state index in [4.69, 9.17) is 0 Å². The van der Waals surface area contributed by atoms with Crippen LogP contribution < -0.4 is 5.32 Å². The molecule has 2 unspecified atom stereocenters. The van der Waals surface area contributed by atoms with Crippen LogP contribution in [-0.2, 0) is 16.4 Å². The van der Waals surface area contributed by atoms with Crippen molar-refractivity contribution in [2.24, 2.45) is 0 Å². The Bertz CT molecular complexity index is 611. The Morgan fingerprint density at radius 2 is 1.88 bits per heavy atom. The van der Waals surface area contributed by atoms with Crippen LogP contribution in [0, 0.1) is 0 Å². The SMILES string of the molecule is O=C(NC1CCCCC1O)C1(c2cccc(C(F)(F)F)c2)CCC1. The predicted molar refractivity (Wildman–Crippen MR) is 83.4 cm³/mol. The van der Waals surface area contributed by atoms with E-state index in [1.165, 1.54) is 6.07 Å². The normalized spacial score (nSPS) is 26.5. The summed E-state index contributed by atoms with van der Waals surface area (Å²) in [5.41, 5.74) is -1.19. The van der Waals surface area contributed by atoms with Crippen molar-refractivity contribution in [1.29, 1.82) is 0 Å². The molecule has 6 heteroatoms. The monoisotopic (exact) mass is 341 g/mol. The average Bonchev–Trinajstić information content (AvgIpc) is 2.48. The summed E-state index contributed by atoms with van der Waals surface area (Å²) in [6.45, 7) is 0. The molecule has 2 aliphatic carbocycles. The molecule has 2 fully saturated rings. The van der Waals surface area contributed by atoms with Gasteiger partial charge in [-0.25, -0.2) is 0 Å². The molecule has 1 aromatic carbocycles. The summed E-state index contributed by atoms with van der Waals surface area (Å²) < 4.78 is 38.9. The summed E-state index contributed by atoms with van der Waals surface area (Å²) in [5.74, 6) is -0.251. The van der Waals surface area contributed by atoms with E-state index in [0.29, 0.717) is 31.2 Å². The molecule has 0 aliphatic heterocycles. The maximum Gasteiger partial charge on any atom is 0.416 e. The fourth-order valence-electron chi connectivity index (χ4n) is 3.76. The quantitative estimate of drug-likeness (QED) is 0.883. The van der Waals surface area contributed by atoms with E-state index in [-0.39, 0.29) is 11.9 Å². The first kappa shape index (κ1) is 17.3. The van der Waals surface area contributed by atoms with E-state index in [1.54, 1.807) is 6.07 Å². The van der Waals surface area contributed by atoms with Crippen molar-refractivity contribution in [3.63, 3.8) is 0 Å². The average molecular weight is 341 g/mol. The molecule has 2 aliphatic rings. The summed E-state index contributed by atoms with van der Waals surface area (Å²) in [7, 11) is 0. The van der Waals surface area contributed by atoms with Crippen molar-refractivity contribution in [1.82, 2.24) is 5.32 Å². The lowest BCUT2D eigenvalue weighted by Gasteiger charge is -2.42. The van der Waals surface area contributed by atoms with Gasteiger partial charge in [0.05, 0.1) is 23.1 Å². The fourth-order valence-corrected chi connectivity index (χ4v) is 3.76. The lowest BCUT2D eigenvalue weighted by molar-refractivity contribution is -0.138. The lowest BCUT2D eigenvalue weighted by atomic mass is 9.63. The van der Waals surface area contributed by atoms with Crippen LogP contribution in [-0.4, -0.2) is 23.2 Å². The van der Waals surface area contributed by atoms with Crippen LogP contribution in [0.15, 0.2) is 24.3 Å². The highest BCUT2D eigenvalue weighted by Gasteiger charge is 2.47. The largest absolute Gasteiger partial charge is 0.416 e. The summed E-state index contributed by atoms with van der Waals surface area (Å²) in [4.78, 5) is 12.8. The maximum atomic E-state index is 13.0. The molecule has 2 atom stereocenters. The molecule has 0 heterocycles. The summed E-state index contributed by atoms with van der Waals surface area (Å²) >= 11 is 0. The van der Waals surface area contributed by atoms with Gasteiger partial charge in [0, 0.05) is 0 Å². The van der Waals surface area contributed by atoms with Crippen LogP contribution in [0.2, 0.25) is 0 Å². The Hall–Kier alpha value is -1.56. The fraction of sp³-hybridized carbons (Fsp3) is 0.611. The highest BCUT2D eigenvalue weighted by atomic mass is 19.4. The Labute approximate surface area is 139 Å². The first-order valence-corrected chi connectivity index (χ1v) is 8.50. The zero-order valence-electron chi connectivity index (χ0n) is 13.4. The van der Waals surface area contributed by atoms with Crippen molar-refractivity contribution < 1.29 is 23.1 Å². The van der Waals surface area contributed by atoms with E-state index in [2.05, 4.69) is 5.32 Å². The number of aliphatic hydroxyl groups is 1. The number of hydrogen-bond donors (Lipinski definition) is 2. The van der Waals surface area contributed by atoms with Gasteiger partial charge in [-0.2, -0.15) is 13.2 Å². The number of carbonyl (C=O) groups is 1. The highest BCUT2D eigenvalue weighted by molar-refractivity contribution is 5.89. The molecule has 2 saturated carbocycles. The van der Waals surface area contributed by atoms with Gasteiger partial charge in [-0.1, -0.05) is 37.5 Å². The van der Waals surface area contributed by atoms with Gasteiger partial charge in [-0.15, -0.1) is 0 Å². The molecular weight excluding hydrogens is 319 g/mol. The molecule has 1 amide bonds. The third-order valence-electron chi connectivity index (χ3n) is 5.43. The topological polar surface area (TPSA) is 49.3 Å². The molecule has 3 nitrogen and oxygen atoms in total. The number of hydrogen-bond acceptors (Lipinski definition) is 2. The van der Waals surface area contributed by atoms with E-state index >= 15 is 0 Å². The lowest BCUT2D eigenvalue weighted by Crippen LogP contribution is -2.55. The number of alkyl halides is 3. The Kier molecular flexibility index (Phi) is 4.60. The van der Waals surface area contributed by atoms with Gasteiger partial charge in [0.25, 0.3) is 0 Å². The Morgan fingerprint density at radius 3 is 2.46 bits per heavy atom. The molecule has 1 aromatic rings. The van der Waals surface area contributed by atoms with E-state index in [1.807, 2.05) is 0 Å². The molecule has 24 heavy (non-hydrogen) atoms. The molecule has 2 N–H and O–H groups in total. The van der Waals surface area contributed by atoms with Gasteiger partial charge in [0.15, 0.2) is 0 Å². The molecular formula is C18H22F3NO2. The molecule has 0 bridgehead atoms. The first-order valence-electron chi connectivity index (χ1n) is 8.50. The van der Waals surface area contributed by atoms with Crippen LogP contribution in [0.5, 0.6) is 0 Å². The van der Waals surface area contributed by atoms with Gasteiger partial charge < -0.3 is 10.4 Å². The zero-order chi connectivity index (χ0) is 17.4. The molecule has 0 spiro atoms. The number of aliphatic hydroxyl groups excluding tert-OH is 1. The third kappa shape index (κ3) is 3.16. The van der Waals surface area contributed by atoms with Crippen LogP contribution in [0.3, 0.4) is 0 Å². The van der Waals surface area contributed by atoms with E-state index < -0.39 is 23.3 Å². The van der Waals surface area contributed by atoms with Crippen molar-refractivity contribution in [3.05, 3.63) is 35.4 Å². The van der Waals surface area contributed by atoms with Gasteiger partial charge in [-0.3, -0.25) is 4.79 Å². The number of nitrogens with one attached hydrogen (secondary N) is 1. The number of benzene rings is 1. The third-order valence-corrected chi connectivity index (χ3v) is 5.43. The zero-order valence-corrected chi connectivity index (χ0v) is 13.4. The Morgan fingerprint density at radius 1 is 1.17 bits per heavy atom. The summed E-state index contributed by atoms with van der Waals surface area (Å²) in [6, 6.07) is 4.79. The van der Waals surface area contributed by atoms with Gasteiger partial charge in [0.1, 0.15) is 0 Å². The second-order valence-electron chi connectivity index (χ2n) is 6.95. The number of halogens is 3. The molecule has 0 aromatic heterocycles. The van der Waals surface area contributed by atoms with Crippen LogP contribution in [0.1, 0.15) is 56.1 Å². The number of carbonyl (C=O) groups excluding carboxylic acids is 1. The second kappa shape index (κ2) is 6.39. The molecule has 0 saturated heterocycles. The van der Waals surface area contributed by atoms with Crippen molar-refractivity contribution in [2.45, 2.75) is 68.7 Å². The van der Waals surface area contributed by atoms with Crippen molar-refractivity contribution in [3.8, 4) is 0 Å². The van der Waals surface area contributed by atoms with Crippen LogP contribution in [0.25, 0.3) is 0 Å². The van der Waals surface area contributed by atoms with Crippen molar-refractivity contribution in [2.75, 3.05) is 0 Å². The van der Waals surface area contributed by atoms with Gasteiger partial charge >= 0.3 is 6.18 Å².